The first-order valence-corrected chi connectivity index (χ1v) is 6.39. The zero-order valence-corrected chi connectivity index (χ0v) is 11.3. The highest BCUT2D eigenvalue weighted by molar-refractivity contribution is 6.25. The van der Waals surface area contributed by atoms with Crippen molar-refractivity contribution in [1.29, 1.82) is 0 Å². The monoisotopic (exact) mass is 263 g/mol. The van der Waals surface area contributed by atoms with E-state index >= 15 is 0 Å². The molecule has 1 aliphatic heterocycles. The predicted molar refractivity (Wildman–Crippen MR) is 63.8 cm³/mol. The van der Waals surface area contributed by atoms with Gasteiger partial charge < -0.3 is 9.64 Å². The molecule has 0 N–H and O–H groups in total. The van der Waals surface area contributed by atoms with Gasteiger partial charge in [0.2, 0.25) is 0 Å². The van der Waals surface area contributed by atoms with Crippen LogP contribution in [0.15, 0.2) is 0 Å². The number of piperidine rings is 1. The van der Waals surface area contributed by atoms with Gasteiger partial charge in [0.15, 0.2) is 5.13 Å². The summed E-state index contributed by atoms with van der Waals surface area (Å²) in [5, 5.41) is -1.53. The molecule has 3 nitrogen and oxygen atoms in total. The molecule has 1 amide bonds. The number of alkyl halides is 2. The van der Waals surface area contributed by atoms with Gasteiger partial charge in [-0.1, -0.05) is 11.6 Å². The molecular weight excluding hydrogens is 245 g/mol. The van der Waals surface area contributed by atoms with Crippen molar-refractivity contribution in [3.63, 3.8) is 0 Å². The van der Waals surface area contributed by atoms with Crippen LogP contribution in [0.5, 0.6) is 0 Å². The number of amides is 1. The van der Waals surface area contributed by atoms with E-state index in [0.29, 0.717) is 32.4 Å². The summed E-state index contributed by atoms with van der Waals surface area (Å²) in [5.74, 6) is 0. The number of halogens is 2. The summed E-state index contributed by atoms with van der Waals surface area (Å²) >= 11 is 5.71. The summed E-state index contributed by atoms with van der Waals surface area (Å²) in [6.45, 7) is 6.58. The Kier molecular flexibility index (Phi) is 2.85. The van der Waals surface area contributed by atoms with E-state index < -0.39 is 10.7 Å². The van der Waals surface area contributed by atoms with Gasteiger partial charge in [0.05, 0.1) is 0 Å². The van der Waals surface area contributed by atoms with E-state index in [0.717, 1.165) is 0 Å². The number of hydrogen-bond acceptors (Lipinski definition) is 2. The summed E-state index contributed by atoms with van der Waals surface area (Å²) < 4.78 is 18.8. The van der Waals surface area contributed by atoms with Crippen molar-refractivity contribution in [2.75, 3.05) is 13.1 Å². The first-order valence-electron chi connectivity index (χ1n) is 6.01. The molecule has 1 saturated carbocycles. The standard InChI is InChI=1S/C12H19ClFNO2/c1-10(2,3)17-9(16)15-6-4-11(5-7-15)8-12(11,13)14/h4-8H2,1-3H3. The third-order valence-corrected chi connectivity index (χ3v) is 4.12. The molecule has 5 heteroatoms. The van der Waals surface area contributed by atoms with E-state index in [1.807, 2.05) is 20.8 Å². The molecule has 1 saturated heterocycles. The Morgan fingerprint density at radius 2 is 1.82 bits per heavy atom. The van der Waals surface area contributed by atoms with Gasteiger partial charge in [0, 0.05) is 24.9 Å². The van der Waals surface area contributed by atoms with Crippen LogP contribution in [0.1, 0.15) is 40.0 Å². The Bertz CT molecular complexity index is 330. The molecule has 0 bridgehead atoms. The lowest BCUT2D eigenvalue weighted by atomic mass is 9.93. The molecule has 98 valence electrons. The summed E-state index contributed by atoms with van der Waals surface area (Å²) in [6.07, 6.45) is 1.37. The zero-order chi connectivity index (χ0) is 12.9. The van der Waals surface area contributed by atoms with Gasteiger partial charge in [0.1, 0.15) is 5.60 Å². The molecule has 1 atom stereocenters. The third-order valence-electron chi connectivity index (χ3n) is 3.58. The van der Waals surface area contributed by atoms with Gasteiger partial charge in [-0.3, -0.25) is 0 Å². The predicted octanol–water partition coefficient (Wildman–Crippen LogP) is 3.31. The molecule has 0 aromatic rings. The van der Waals surface area contributed by atoms with Crippen LogP contribution in [0.3, 0.4) is 0 Å². The fourth-order valence-electron chi connectivity index (χ4n) is 2.37. The molecule has 2 rings (SSSR count). The van der Waals surface area contributed by atoms with Gasteiger partial charge in [0.25, 0.3) is 0 Å². The molecule has 1 unspecified atom stereocenters. The van der Waals surface area contributed by atoms with E-state index in [-0.39, 0.29) is 11.5 Å². The SMILES string of the molecule is CC(C)(C)OC(=O)N1CCC2(CC1)CC2(F)Cl. The van der Waals surface area contributed by atoms with Crippen LogP contribution in [0.2, 0.25) is 0 Å². The van der Waals surface area contributed by atoms with Crippen LogP contribution in [-0.4, -0.2) is 34.8 Å². The molecule has 1 heterocycles. The summed E-state index contributed by atoms with van der Waals surface area (Å²) in [6, 6.07) is 0. The number of rotatable bonds is 0. The van der Waals surface area contributed by atoms with E-state index in [1.165, 1.54) is 0 Å². The Labute approximate surface area is 106 Å². The second-order valence-electron chi connectivity index (χ2n) is 6.13. The van der Waals surface area contributed by atoms with Crippen molar-refractivity contribution >= 4 is 17.7 Å². The maximum absolute atomic E-state index is 13.6. The van der Waals surface area contributed by atoms with Crippen LogP contribution in [0.4, 0.5) is 9.18 Å². The summed E-state index contributed by atoms with van der Waals surface area (Å²) in [7, 11) is 0. The Morgan fingerprint density at radius 3 is 2.18 bits per heavy atom. The van der Waals surface area contributed by atoms with Crippen LogP contribution >= 0.6 is 11.6 Å². The molecule has 1 spiro atoms. The lowest BCUT2D eigenvalue weighted by Crippen LogP contribution is -2.43. The van der Waals surface area contributed by atoms with E-state index in [1.54, 1.807) is 4.90 Å². The summed E-state index contributed by atoms with van der Waals surface area (Å²) in [5.41, 5.74) is -0.866. The van der Waals surface area contributed by atoms with Gasteiger partial charge in [-0.15, -0.1) is 0 Å². The Morgan fingerprint density at radius 1 is 1.35 bits per heavy atom. The highest BCUT2D eigenvalue weighted by Gasteiger charge is 2.68. The van der Waals surface area contributed by atoms with Crippen molar-refractivity contribution in [2.24, 2.45) is 5.41 Å². The largest absolute Gasteiger partial charge is 0.444 e. The zero-order valence-electron chi connectivity index (χ0n) is 10.6. The summed E-state index contributed by atoms with van der Waals surface area (Å²) in [4.78, 5) is 13.4. The average Bonchev–Trinajstić information content (AvgIpc) is 2.65. The van der Waals surface area contributed by atoms with Crippen molar-refractivity contribution in [1.82, 2.24) is 4.90 Å². The second-order valence-corrected chi connectivity index (χ2v) is 6.73. The number of likely N-dealkylation sites (tertiary alicyclic amines) is 1. The molecule has 17 heavy (non-hydrogen) atoms. The van der Waals surface area contributed by atoms with E-state index in [2.05, 4.69) is 0 Å². The fraction of sp³-hybridized carbons (Fsp3) is 0.917. The maximum Gasteiger partial charge on any atom is 0.410 e. The van der Waals surface area contributed by atoms with E-state index in [9.17, 15) is 9.18 Å². The first kappa shape index (κ1) is 12.9. The molecule has 0 radical (unpaired) electrons. The molecule has 2 aliphatic rings. The van der Waals surface area contributed by atoms with Crippen molar-refractivity contribution in [3.05, 3.63) is 0 Å². The van der Waals surface area contributed by atoms with Crippen LogP contribution < -0.4 is 0 Å². The third kappa shape index (κ3) is 2.51. The van der Waals surface area contributed by atoms with Gasteiger partial charge in [-0.05, 0) is 33.6 Å². The smallest absolute Gasteiger partial charge is 0.410 e. The molecule has 0 aromatic carbocycles. The first-order chi connectivity index (χ1) is 7.65. The lowest BCUT2D eigenvalue weighted by Gasteiger charge is -2.34. The molecule has 2 fully saturated rings. The second kappa shape index (κ2) is 3.74. The molecule has 0 aromatic heterocycles. The van der Waals surface area contributed by atoms with Gasteiger partial charge in [-0.25, -0.2) is 9.18 Å². The molecule has 1 aliphatic carbocycles. The Hall–Kier alpha value is -0.510. The maximum atomic E-state index is 13.6. The normalized spacial score (nSPS) is 31.5. The quantitative estimate of drug-likeness (QED) is 0.628. The lowest BCUT2D eigenvalue weighted by molar-refractivity contribution is 0.0155. The number of nitrogens with zero attached hydrogens (tertiary/aromatic N) is 1. The van der Waals surface area contributed by atoms with Crippen molar-refractivity contribution < 1.29 is 13.9 Å². The minimum atomic E-state index is -1.53. The van der Waals surface area contributed by atoms with Crippen molar-refractivity contribution in [3.8, 4) is 0 Å². The Balaban J connectivity index is 1.86. The van der Waals surface area contributed by atoms with Gasteiger partial charge >= 0.3 is 6.09 Å². The average molecular weight is 264 g/mol. The number of carbonyl (C=O) groups is 1. The van der Waals surface area contributed by atoms with Crippen LogP contribution in [-0.2, 0) is 4.74 Å². The molecular formula is C12H19ClFNO2. The minimum Gasteiger partial charge on any atom is -0.444 e. The number of carbonyl (C=O) groups excluding carboxylic acids is 1. The highest BCUT2D eigenvalue weighted by atomic mass is 35.5. The fourth-order valence-corrected chi connectivity index (χ4v) is 2.81. The number of hydrogen-bond donors (Lipinski definition) is 0. The van der Waals surface area contributed by atoms with Crippen LogP contribution in [0, 0.1) is 5.41 Å². The highest BCUT2D eigenvalue weighted by Crippen LogP contribution is 2.67. The van der Waals surface area contributed by atoms with Crippen LogP contribution in [0.25, 0.3) is 0 Å². The van der Waals surface area contributed by atoms with Crippen molar-refractivity contribution in [2.45, 2.75) is 50.8 Å². The topological polar surface area (TPSA) is 29.5 Å². The van der Waals surface area contributed by atoms with E-state index in [4.69, 9.17) is 16.3 Å². The minimum absolute atomic E-state index is 0.313. The van der Waals surface area contributed by atoms with Gasteiger partial charge in [-0.2, -0.15) is 0 Å². The number of ether oxygens (including phenoxy) is 1.